The number of hydrogen-bond acceptors (Lipinski definition) is 8. The molecule has 0 aliphatic carbocycles. The molecule has 35 heavy (non-hydrogen) atoms. The molecule has 0 saturated carbocycles. The van der Waals surface area contributed by atoms with E-state index in [1.165, 1.54) is 12.1 Å². The highest BCUT2D eigenvalue weighted by atomic mass is 32.2. The molecule has 1 fully saturated rings. The van der Waals surface area contributed by atoms with Gasteiger partial charge in [-0.3, -0.25) is 19.9 Å². The Balaban J connectivity index is 1.41. The number of nitrogens with one attached hydrogen (secondary N) is 2. The third-order valence-corrected chi connectivity index (χ3v) is 8.21. The number of thioether (sulfide) groups is 1. The number of sulfonamides is 1. The first-order valence-corrected chi connectivity index (χ1v) is 13.8. The zero-order chi connectivity index (χ0) is 24.8. The molecule has 11 heteroatoms. The van der Waals surface area contributed by atoms with E-state index in [1.807, 2.05) is 42.2 Å². The van der Waals surface area contributed by atoms with Gasteiger partial charge in [0, 0.05) is 47.8 Å². The Morgan fingerprint density at radius 3 is 2.60 bits per heavy atom. The van der Waals surface area contributed by atoms with Gasteiger partial charge in [-0.05, 0) is 43.3 Å². The average Bonchev–Trinajstić information content (AvgIpc) is 2.88. The molecular weight excluding hydrogens is 488 g/mol. The molecule has 1 aliphatic heterocycles. The van der Waals surface area contributed by atoms with Crippen LogP contribution in [0, 0.1) is 6.92 Å². The summed E-state index contributed by atoms with van der Waals surface area (Å²) in [6.07, 6.45) is 0. The van der Waals surface area contributed by atoms with Gasteiger partial charge in [0.2, 0.25) is 10.0 Å². The minimum Gasteiger partial charge on any atom is -0.489 e. The topological polar surface area (TPSA) is 121 Å². The summed E-state index contributed by atoms with van der Waals surface area (Å²) in [5, 5.41) is 10.1. The number of hydrogen-bond donors (Lipinski definition) is 3. The van der Waals surface area contributed by atoms with Crippen LogP contribution in [0.2, 0.25) is 0 Å². The monoisotopic (exact) mass is 516 g/mol. The Bertz CT molecular complexity index is 1280. The van der Waals surface area contributed by atoms with Gasteiger partial charge in [0.05, 0.1) is 10.4 Å². The minimum atomic E-state index is -3.86. The van der Waals surface area contributed by atoms with Crippen LogP contribution in [0.15, 0.2) is 59.5 Å². The van der Waals surface area contributed by atoms with Crippen molar-refractivity contribution in [3.05, 3.63) is 65.9 Å². The Labute approximate surface area is 208 Å². The highest BCUT2D eigenvalue weighted by Gasteiger charge is 2.29. The molecule has 3 N–H and O–H groups in total. The van der Waals surface area contributed by atoms with Crippen molar-refractivity contribution in [2.45, 2.75) is 24.5 Å². The van der Waals surface area contributed by atoms with Crippen molar-refractivity contribution in [2.75, 3.05) is 31.1 Å². The molecule has 2 heterocycles. The molecule has 0 unspecified atom stereocenters. The van der Waals surface area contributed by atoms with E-state index >= 15 is 0 Å². The van der Waals surface area contributed by atoms with E-state index in [9.17, 15) is 13.2 Å². The summed E-state index contributed by atoms with van der Waals surface area (Å²) >= 11 is 1.77. The maximum absolute atomic E-state index is 12.8. The SMILES string of the molecule is Cc1cc(COc2ccc(S(=O)(=O)NC[C@@H](C(=O)NO)N3CCSCC3)cc2)c2ccccc2n1. The summed E-state index contributed by atoms with van der Waals surface area (Å²) in [6.45, 7) is 3.39. The second-order valence-electron chi connectivity index (χ2n) is 8.19. The van der Waals surface area contributed by atoms with Crippen LogP contribution < -0.4 is 14.9 Å². The Hall–Kier alpha value is -2.70. The fourth-order valence-electron chi connectivity index (χ4n) is 4.01. The number of fused-ring (bicyclic) bond motifs is 1. The van der Waals surface area contributed by atoms with E-state index in [0.29, 0.717) is 25.4 Å². The van der Waals surface area contributed by atoms with Crippen LogP contribution >= 0.6 is 11.8 Å². The second-order valence-corrected chi connectivity index (χ2v) is 11.2. The van der Waals surface area contributed by atoms with Gasteiger partial charge < -0.3 is 4.74 Å². The van der Waals surface area contributed by atoms with Crippen molar-refractivity contribution >= 4 is 38.6 Å². The van der Waals surface area contributed by atoms with Crippen LogP contribution in [0.3, 0.4) is 0 Å². The first-order chi connectivity index (χ1) is 16.9. The molecule has 1 aliphatic rings. The number of nitrogens with zero attached hydrogens (tertiary/aromatic N) is 2. The molecule has 0 radical (unpaired) electrons. The van der Waals surface area contributed by atoms with Gasteiger partial charge in [-0.1, -0.05) is 18.2 Å². The number of hydroxylamine groups is 1. The molecule has 186 valence electrons. The van der Waals surface area contributed by atoms with Crippen molar-refractivity contribution in [3.63, 3.8) is 0 Å². The van der Waals surface area contributed by atoms with E-state index < -0.39 is 22.0 Å². The lowest BCUT2D eigenvalue weighted by molar-refractivity contribution is -0.134. The normalized spacial score (nSPS) is 15.6. The quantitative estimate of drug-likeness (QED) is 0.293. The van der Waals surface area contributed by atoms with Crippen LogP contribution in [0.1, 0.15) is 11.3 Å². The highest BCUT2D eigenvalue weighted by Crippen LogP contribution is 2.22. The van der Waals surface area contributed by atoms with Crippen molar-refractivity contribution < 1.29 is 23.2 Å². The Kier molecular flexibility index (Phi) is 8.24. The molecule has 0 spiro atoms. The number of carbonyl (C=O) groups excluding carboxylic acids is 1. The number of aryl methyl sites for hydroxylation is 1. The van der Waals surface area contributed by atoms with Crippen LogP contribution in [0.5, 0.6) is 5.75 Å². The van der Waals surface area contributed by atoms with E-state index in [4.69, 9.17) is 9.94 Å². The number of para-hydroxylation sites is 1. The van der Waals surface area contributed by atoms with E-state index in [1.54, 1.807) is 29.4 Å². The number of aromatic nitrogens is 1. The first-order valence-electron chi connectivity index (χ1n) is 11.2. The van der Waals surface area contributed by atoms with Gasteiger partial charge in [0.15, 0.2) is 0 Å². The van der Waals surface area contributed by atoms with Gasteiger partial charge in [-0.2, -0.15) is 11.8 Å². The van der Waals surface area contributed by atoms with Gasteiger partial charge in [0.25, 0.3) is 5.91 Å². The van der Waals surface area contributed by atoms with Crippen LogP contribution in [0.25, 0.3) is 10.9 Å². The third kappa shape index (κ3) is 6.30. The van der Waals surface area contributed by atoms with Crippen LogP contribution in [-0.2, 0) is 21.4 Å². The van der Waals surface area contributed by atoms with Gasteiger partial charge in [-0.25, -0.2) is 18.6 Å². The third-order valence-electron chi connectivity index (χ3n) is 5.82. The number of rotatable bonds is 9. The zero-order valence-electron chi connectivity index (χ0n) is 19.3. The highest BCUT2D eigenvalue weighted by molar-refractivity contribution is 7.99. The van der Waals surface area contributed by atoms with Crippen molar-refractivity contribution in [2.24, 2.45) is 0 Å². The zero-order valence-corrected chi connectivity index (χ0v) is 20.9. The van der Waals surface area contributed by atoms with Crippen molar-refractivity contribution in [1.29, 1.82) is 0 Å². The van der Waals surface area contributed by atoms with Gasteiger partial charge >= 0.3 is 0 Å². The van der Waals surface area contributed by atoms with E-state index in [0.717, 1.165) is 33.7 Å². The molecule has 1 atom stereocenters. The second kappa shape index (κ2) is 11.4. The summed E-state index contributed by atoms with van der Waals surface area (Å²) in [5.74, 6) is 1.59. The van der Waals surface area contributed by atoms with Gasteiger partial charge in [0.1, 0.15) is 18.4 Å². The molecule has 9 nitrogen and oxygen atoms in total. The molecule has 1 saturated heterocycles. The lowest BCUT2D eigenvalue weighted by Gasteiger charge is -2.32. The lowest BCUT2D eigenvalue weighted by Crippen LogP contribution is -2.54. The summed E-state index contributed by atoms with van der Waals surface area (Å²) in [4.78, 5) is 18.6. The predicted molar refractivity (Wildman–Crippen MR) is 135 cm³/mol. The van der Waals surface area contributed by atoms with Crippen molar-refractivity contribution in [3.8, 4) is 5.75 Å². The first kappa shape index (κ1) is 25.4. The van der Waals surface area contributed by atoms with Crippen LogP contribution in [-0.4, -0.2) is 66.6 Å². The number of carbonyl (C=O) groups is 1. The lowest BCUT2D eigenvalue weighted by atomic mass is 10.1. The molecule has 4 rings (SSSR count). The molecule has 0 bridgehead atoms. The van der Waals surface area contributed by atoms with E-state index in [-0.39, 0.29) is 11.4 Å². The maximum atomic E-state index is 12.8. The fourth-order valence-corrected chi connectivity index (χ4v) is 5.98. The maximum Gasteiger partial charge on any atom is 0.262 e. The molecule has 1 aromatic heterocycles. The Morgan fingerprint density at radius 1 is 1.17 bits per heavy atom. The van der Waals surface area contributed by atoms with Crippen LogP contribution in [0.4, 0.5) is 0 Å². The number of amides is 1. The molecule has 3 aromatic rings. The predicted octanol–water partition coefficient (Wildman–Crippen LogP) is 2.32. The van der Waals surface area contributed by atoms with Crippen molar-refractivity contribution in [1.82, 2.24) is 20.1 Å². The molecular formula is C24H28N4O5S2. The molecule has 2 aromatic carbocycles. The van der Waals surface area contributed by atoms with Gasteiger partial charge in [-0.15, -0.1) is 0 Å². The Morgan fingerprint density at radius 2 is 1.89 bits per heavy atom. The summed E-state index contributed by atoms with van der Waals surface area (Å²) in [7, 11) is -3.86. The number of pyridine rings is 1. The minimum absolute atomic E-state index is 0.0624. The average molecular weight is 517 g/mol. The standard InChI is InChI=1S/C24H28N4O5S2/c1-17-14-18(21-4-2-3-5-22(21)26-17)16-33-19-6-8-20(9-7-19)35(31,32)25-15-23(24(29)27-30)28-10-12-34-13-11-28/h2-9,14,23,25,30H,10-13,15-16H2,1H3,(H,27,29)/t23-/m0/s1. The summed E-state index contributed by atoms with van der Waals surface area (Å²) in [5.41, 5.74) is 4.43. The summed E-state index contributed by atoms with van der Waals surface area (Å²) in [6, 6.07) is 15.2. The number of benzene rings is 2. The number of ether oxygens (including phenoxy) is 1. The largest absolute Gasteiger partial charge is 0.489 e. The fraction of sp³-hybridized carbons (Fsp3) is 0.333. The summed E-state index contributed by atoms with van der Waals surface area (Å²) < 4.78 is 34.1. The van der Waals surface area contributed by atoms with E-state index in [2.05, 4.69) is 9.71 Å². The smallest absolute Gasteiger partial charge is 0.262 e. The molecule has 1 amide bonds.